The number of nitrogens with zero attached hydrogens (tertiary/aromatic N) is 4. The van der Waals surface area contributed by atoms with E-state index in [0.717, 1.165) is 13.0 Å². The lowest BCUT2D eigenvalue weighted by atomic mass is 10.2. The number of hydrogen-bond acceptors (Lipinski definition) is 7. The summed E-state index contributed by atoms with van der Waals surface area (Å²) in [6, 6.07) is 9.62. The van der Waals surface area contributed by atoms with E-state index in [0.29, 0.717) is 42.9 Å². The molecule has 7 nitrogen and oxygen atoms in total. The van der Waals surface area contributed by atoms with Crippen molar-refractivity contribution in [1.82, 2.24) is 15.0 Å². The van der Waals surface area contributed by atoms with E-state index in [1.807, 2.05) is 29.2 Å². The minimum Gasteiger partial charge on any atom is -0.485 e. The molecule has 23 heavy (non-hydrogen) atoms. The molecule has 0 saturated carbocycles. The van der Waals surface area contributed by atoms with Gasteiger partial charge >= 0.3 is 0 Å². The third kappa shape index (κ3) is 3.60. The Balaban J connectivity index is 1.67. The van der Waals surface area contributed by atoms with Crippen molar-refractivity contribution in [2.45, 2.75) is 26.0 Å². The molecule has 0 unspecified atom stereocenters. The summed E-state index contributed by atoms with van der Waals surface area (Å²) < 4.78 is 16.8. The number of benzene rings is 1. The molecule has 0 bridgehead atoms. The predicted octanol–water partition coefficient (Wildman–Crippen LogP) is 2.32. The molecule has 0 amide bonds. The average Bonchev–Trinajstić information content (AvgIpc) is 3.03. The van der Waals surface area contributed by atoms with Crippen molar-refractivity contribution in [3.63, 3.8) is 0 Å². The summed E-state index contributed by atoms with van der Waals surface area (Å²) in [6.07, 6.45) is 0.546. The summed E-state index contributed by atoms with van der Waals surface area (Å²) in [5.41, 5.74) is 0. The lowest BCUT2D eigenvalue weighted by Gasteiger charge is -2.23. The molecule has 0 fully saturated rings. The summed E-state index contributed by atoms with van der Waals surface area (Å²) in [5.74, 6) is 2.32. The van der Waals surface area contributed by atoms with E-state index in [1.54, 1.807) is 0 Å². The van der Waals surface area contributed by atoms with Crippen LogP contribution in [0, 0.1) is 11.3 Å². The van der Waals surface area contributed by atoms with E-state index in [9.17, 15) is 0 Å². The Labute approximate surface area is 134 Å². The van der Waals surface area contributed by atoms with Gasteiger partial charge in [-0.3, -0.25) is 4.90 Å². The molecule has 1 aliphatic rings. The van der Waals surface area contributed by atoms with Crippen LogP contribution in [0.4, 0.5) is 0 Å². The highest BCUT2D eigenvalue weighted by molar-refractivity contribution is 5.40. The SMILES string of the molecule is CCCN(CC#N)Cc1noc([C@H]2COc3ccccc3O2)n1. The van der Waals surface area contributed by atoms with Crippen molar-refractivity contribution in [2.24, 2.45) is 0 Å². The Morgan fingerprint density at radius 2 is 2.17 bits per heavy atom. The van der Waals surface area contributed by atoms with Gasteiger partial charge in [0, 0.05) is 0 Å². The van der Waals surface area contributed by atoms with Crippen molar-refractivity contribution in [3.8, 4) is 17.6 Å². The van der Waals surface area contributed by atoms with Crippen LogP contribution in [0.1, 0.15) is 31.2 Å². The van der Waals surface area contributed by atoms with Gasteiger partial charge in [0.15, 0.2) is 17.3 Å². The Morgan fingerprint density at radius 3 is 2.96 bits per heavy atom. The molecule has 7 heteroatoms. The van der Waals surface area contributed by atoms with Gasteiger partial charge in [-0.15, -0.1) is 0 Å². The first-order chi connectivity index (χ1) is 11.3. The van der Waals surface area contributed by atoms with Crippen LogP contribution in [0.3, 0.4) is 0 Å². The van der Waals surface area contributed by atoms with Crippen LogP contribution in [0.2, 0.25) is 0 Å². The van der Waals surface area contributed by atoms with E-state index in [4.69, 9.17) is 19.3 Å². The highest BCUT2D eigenvalue weighted by Crippen LogP contribution is 2.35. The van der Waals surface area contributed by atoms with Crippen LogP contribution in [-0.2, 0) is 6.54 Å². The first kappa shape index (κ1) is 15.3. The summed E-state index contributed by atoms with van der Waals surface area (Å²) in [7, 11) is 0. The van der Waals surface area contributed by atoms with Crippen molar-refractivity contribution in [1.29, 1.82) is 5.26 Å². The summed E-state index contributed by atoms with van der Waals surface area (Å²) in [5, 5.41) is 12.8. The molecule has 3 rings (SSSR count). The van der Waals surface area contributed by atoms with E-state index < -0.39 is 6.10 Å². The standard InChI is InChI=1S/C16H18N4O3/c1-2-8-20(9-7-17)10-15-18-16(23-19-15)14-11-21-12-5-3-4-6-13(12)22-14/h3-6,14H,2,8-11H2,1H3/t14-/m1/s1. The zero-order valence-electron chi connectivity index (χ0n) is 12.9. The molecule has 1 aliphatic heterocycles. The monoisotopic (exact) mass is 314 g/mol. The molecule has 0 aliphatic carbocycles. The lowest BCUT2D eigenvalue weighted by molar-refractivity contribution is 0.0665. The first-order valence-corrected chi connectivity index (χ1v) is 7.60. The van der Waals surface area contributed by atoms with Gasteiger partial charge in [0.05, 0.1) is 19.2 Å². The van der Waals surface area contributed by atoms with Crippen LogP contribution in [0.15, 0.2) is 28.8 Å². The lowest BCUT2D eigenvalue weighted by Crippen LogP contribution is -2.25. The Hall–Kier alpha value is -2.59. The largest absolute Gasteiger partial charge is 0.485 e. The first-order valence-electron chi connectivity index (χ1n) is 7.60. The van der Waals surface area contributed by atoms with E-state index >= 15 is 0 Å². The van der Waals surface area contributed by atoms with Crippen molar-refractivity contribution < 1.29 is 14.0 Å². The molecule has 0 spiro atoms. The second-order valence-corrected chi connectivity index (χ2v) is 5.28. The van der Waals surface area contributed by atoms with Crippen LogP contribution in [0.5, 0.6) is 11.5 Å². The highest BCUT2D eigenvalue weighted by atomic mass is 16.6. The maximum atomic E-state index is 8.85. The highest BCUT2D eigenvalue weighted by Gasteiger charge is 2.27. The molecular weight excluding hydrogens is 296 g/mol. The number of ether oxygens (including phenoxy) is 2. The van der Waals surface area contributed by atoms with E-state index in [2.05, 4.69) is 23.1 Å². The third-order valence-electron chi connectivity index (χ3n) is 3.47. The van der Waals surface area contributed by atoms with Gasteiger partial charge < -0.3 is 14.0 Å². The summed E-state index contributed by atoms with van der Waals surface area (Å²) in [6.45, 7) is 4.03. The van der Waals surface area contributed by atoms with Crippen molar-refractivity contribution in [2.75, 3.05) is 19.7 Å². The maximum absolute atomic E-state index is 8.85. The quantitative estimate of drug-likeness (QED) is 0.756. The molecule has 120 valence electrons. The molecule has 1 aromatic heterocycles. The number of hydrogen-bond donors (Lipinski definition) is 0. The zero-order valence-corrected chi connectivity index (χ0v) is 12.9. The molecule has 0 N–H and O–H groups in total. The number of para-hydroxylation sites is 2. The smallest absolute Gasteiger partial charge is 0.271 e. The Kier molecular flexibility index (Phi) is 4.74. The van der Waals surface area contributed by atoms with Gasteiger partial charge in [-0.05, 0) is 25.1 Å². The molecular formula is C16H18N4O3. The molecule has 1 aromatic carbocycles. The summed E-state index contributed by atoms with van der Waals surface area (Å²) >= 11 is 0. The minimum absolute atomic E-state index is 0.329. The molecule has 1 atom stereocenters. The normalized spacial score (nSPS) is 16.3. The fourth-order valence-corrected chi connectivity index (χ4v) is 2.43. The van der Waals surface area contributed by atoms with Crippen molar-refractivity contribution in [3.05, 3.63) is 36.0 Å². The second-order valence-electron chi connectivity index (χ2n) is 5.28. The third-order valence-corrected chi connectivity index (χ3v) is 3.47. The van der Waals surface area contributed by atoms with Gasteiger partial charge in [-0.2, -0.15) is 10.2 Å². The fourth-order valence-electron chi connectivity index (χ4n) is 2.43. The number of nitriles is 1. The predicted molar refractivity (Wildman–Crippen MR) is 80.8 cm³/mol. The van der Waals surface area contributed by atoms with Gasteiger partial charge in [0.1, 0.15) is 6.61 Å². The van der Waals surface area contributed by atoms with Crippen LogP contribution >= 0.6 is 0 Å². The molecule has 2 aromatic rings. The number of rotatable bonds is 6. The maximum Gasteiger partial charge on any atom is 0.271 e. The molecule has 0 radical (unpaired) electrons. The van der Waals surface area contributed by atoms with Crippen LogP contribution in [0.25, 0.3) is 0 Å². The Bertz CT molecular complexity index is 695. The number of aromatic nitrogens is 2. The topological polar surface area (TPSA) is 84.4 Å². The zero-order chi connectivity index (χ0) is 16.1. The van der Waals surface area contributed by atoms with Crippen molar-refractivity contribution >= 4 is 0 Å². The van der Waals surface area contributed by atoms with Gasteiger partial charge in [-0.1, -0.05) is 24.2 Å². The van der Waals surface area contributed by atoms with E-state index in [1.165, 1.54) is 0 Å². The Morgan fingerprint density at radius 1 is 1.35 bits per heavy atom. The van der Waals surface area contributed by atoms with E-state index in [-0.39, 0.29) is 0 Å². The minimum atomic E-state index is -0.415. The van der Waals surface area contributed by atoms with Crippen LogP contribution in [-0.4, -0.2) is 34.7 Å². The van der Waals surface area contributed by atoms with Gasteiger partial charge in [0.25, 0.3) is 5.89 Å². The fraction of sp³-hybridized carbons (Fsp3) is 0.438. The number of fused-ring (bicyclic) bond motifs is 1. The van der Waals surface area contributed by atoms with Crippen LogP contribution < -0.4 is 9.47 Å². The van der Waals surface area contributed by atoms with Gasteiger partial charge in [-0.25, -0.2) is 0 Å². The van der Waals surface area contributed by atoms with Gasteiger partial charge in [0.2, 0.25) is 6.10 Å². The second kappa shape index (κ2) is 7.11. The molecule has 2 heterocycles. The average molecular weight is 314 g/mol. The summed E-state index contributed by atoms with van der Waals surface area (Å²) in [4.78, 5) is 6.35. The molecule has 0 saturated heterocycles.